The Labute approximate surface area is 188 Å². The van der Waals surface area contributed by atoms with Gasteiger partial charge in [-0.1, -0.05) is 12.1 Å². The molecule has 2 N–H and O–H groups in total. The van der Waals surface area contributed by atoms with Crippen molar-refractivity contribution in [3.63, 3.8) is 0 Å². The summed E-state index contributed by atoms with van der Waals surface area (Å²) in [5, 5.41) is 20.8. The van der Waals surface area contributed by atoms with E-state index in [9.17, 15) is 19.8 Å². The first-order chi connectivity index (χ1) is 15.2. The van der Waals surface area contributed by atoms with Crippen molar-refractivity contribution in [2.24, 2.45) is 0 Å². The normalized spacial score (nSPS) is 18.1. The van der Waals surface area contributed by atoms with Gasteiger partial charge in [0.15, 0.2) is 0 Å². The van der Waals surface area contributed by atoms with E-state index in [0.717, 1.165) is 6.54 Å². The van der Waals surface area contributed by atoms with E-state index in [2.05, 4.69) is 0 Å². The monoisotopic (exact) mass is 438 g/mol. The Hall–Kier alpha value is -3.32. The molecule has 0 bridgehead atoms. The molecule has 1 aliphatic rings. The molecule has 0 unspecified atom stereocenters. The van der Waals surface area contributed by atoms with Gasteiger partial charge in [-0.3, -0.25) is 9.59 Å². The van der Waals surface area contributed by atoms with Crippen molar-refractivity contribution in [3.05, 3.63) is 65.2 Å². The molecule has 1 fully saturated rings. The highest BCUT2D eigenvalue weighted by molar-refractivity contribution is 6.46. The van der Waals surface area contributed by atoms with Gasteiger partial charge in [0.1, 0.15) is 17.3 Å². The zero-order valence-corrected chi connectivity index (χ0v) is 18.9. The number of hydrogen-bond acceptors (Lipinski definition) is 6. The third-order valence-electron chi connectivity index (χ3n) is 5.25. The van der Waals surface area contributed by atoms with Crippen molar-refractivity contribution in [3.8, 4) is 11.5 Å². The lowest BCUT2D eigenvalue weighted by atomic mass is 9.95. The third-order valence-corrected chi connectivity index (χ3v) is 5.25. The smallest absolute Gasteiger partial charge is 0.295 e. The lowest BCUT2D eigenvalue weighted by Crippen LogP contribution is -2.32. The topological polar surface area (TPSA) is 90.3 Å². The number of rotatable bonds is 8. The average molecular weight is 439 g/mol. The summed E-state index contributed by atoms with van der Waals surface area (Å²) in [6, 6.07) is 12.4. The molecule has 170 valence electrons. The Morgan fingerprint density at radius 1 is 1.06 bits per heavy atom. The molecule has 1 amide bonds. The third kappa shape index (κ3) is 5.11. The highest BCUT2D eigenvalue weighted by Gasteiger charge is 2.45. The van der Waals surface area contributed by atoms with Gasteiger partial charge >= 0.3 is 0 Å². The van der Waals surface area contributed by atoms with E-state index < -0.39 is 17.7 Å². The SMILES string of the molecule is CC(C)Oc1ccc(C(O)=C2C(=O)C(=O)N(CCCN(C)C)[C@H]2c2ccc(O)cc2)cc1. The quantitative estimate of drug-likeness (QED) is 0.372. The molecule has 7 nitrogen and oxygen atoms in total. The zero-order valence-electron chi connectivity index (χ0n) is 18.9. The van der Waals surface area contributed by atoms with Crippen LogP contribution in [0.3, 0.4) is 0 Å². The predicted octanol–water partition coefficient (Wildman–Crippen LogP) is 3.55. The predicted molar refractivity (Wildman–Crippen MR) is 122 cm³/mol. The highest BCUT2D eigenvalue weighted by Crippen LogP contribution is 2.40. The molecule has 2 aromatic rings. The Morgan fingerprint density at radius 3 is 2.25 bits per heavy atom. The molecule has 32 heavy (non-hydrogen) atoms. The number of hydrogen-bond donors (Lipinski definition) is 2. The number of amides is 1. The first kappa shape index (κ1) is 23.3. The van der Waals surface area contributed by atoms with E-state index in [1.165, 1.54) is 17.0 Å². The fraction of sp³-hybridized carbons (Fsp3) is 0.360. The molecular weight excluding hydrogens is 408 g/mol. The number of carbonyl (C=O) groups excluding carboxylic acids is 2. The van der Waals surface area contributed by atoms with Crippen molar-refractivity contribution in [1.82, 2.24) is 9.80 Å². The fourth-order valence-electron chi connectivity index (χ4n) is 3.79. The molecule has 1 aliphatic heterocycles. The van der Waals surface area contributed by atoms with Gasteiger partial charge in [-0.2, -0.15) is 0 Å². The molecule has 2 aromatic carbocycles. The molecule has 7 heteroatoms. The summed E-state index contributed by atoms with van der Waals surface area (Å²) in [5.41, 5.74) is 1.12. The molecule has 1 saturated heterocycles. The maximum absolute atomic E-state index is 13.0. The summed E-state index contributed by atoms with van der Waals surface area (Å²) < 4.78 is 5.64. The number of aliphatic hydroxyl groups is 1. The van der Waals surface area contributed by atoms with E-state index in [4.69, 9.17) is 4.74 Å². The number of aromatic hydroxyl groups is 1. The molecule has 0 spiro atoms. The van der Waals surface area contributed by atoms with E-state index >= 15 is 0 Å². The highest BCUT2D eigenvalue weighted by atomic mass is 16.5. The van der Waals surface area contributed by atoms with Crippen molar-refractivity contribution >= 4 is 17.4 Å². The van der Waals surface area contributed by atoms with Gasteiger partial charge in [0, 0.05) is 12.1 Å². The largest absolute Gasteiger partial charge is 0.508 e. The lowest BCUT2D eigenvalue weighted by molar-refractivity contribution is -0.139. The number of ketones is 1. The molecule has 0 saturated carbocycles. The van der Waals surface area contributed by atoms with Crippen LogP contribution >= 0.6 is 0 Å². The Bertz CT molecular complexity index is 994. The summed E-state index contributed by atoms with van der Waals surface area (Å²) in [6.45, 7) is 4.96. The van der Waals surface area contributed by atoms with Gasteiger partial charge in [0.25, 0.3) is 11.7 Å². The number of benzene rings is 2. The number of phenolic OH excluding ortho intramolecular Hbond substituents is 1. The zero-order chi connectivity index (χ0) is 23.4. The Morgan fingerprint density at radius 2 is 1.69 bits per heavy atom. The lowest BCUT2D eigenvalue weighted by Gasteiger charge is -2.26. The van der Waals surface area contributed by atoms with E-state index in [0.29, 0.717) is 29.8 Å². The maximum atomic E-state index is 13.0. The number of nitrogens with zero attached hydrogens (tertiary/aromatic N) is 2. The summed E-state index contributed by atoms with van der Waals surface area (Å²) in [7, 11) is 3.89. The molecule has 0 aliphatic carbocycles. The van der Waals surface area contributed by atoms with Gasteiger partial charge in [-0.05, 0) is 82.9 Å². The second-order valence-corrected chi connectivity index (χ2v) is 8.43. The number of ether oxygens (including phenoxy) is 1. The second-order valence-electron chi connectivity index (χ2n) is 8.43. The number of Topliss-reactive ketones (excluding diaryl/α,β-unsaturated/α-hetero) is 1. The number of likely N-dealkylation sites (tertiary alicyclic amines) is 1. The van der Waals surface area contributed by atoms with Crippen molar-refractivity contribution in [2.45, 2.75) is 32.4 Å². The first-order valence-corrected chi connectivity index (χ1v) is 10.7. The first-order valence-electron chi connectivity index (χ1n) is 10.7. The van der Waals surface area contributed by atoms with Crippen LogP contribution in [0.5, 0.6) is 11.5 Å². The van der Waals surface area contributed by atoms with Crippen LogP contribution in [0.15, 0.2) is 54.1 Å². The van der Waals surface area contributed by atoms with Crippen molar-refractivity contribution in [2.75, 3.05) is 27.2 Å². The van der Waals surface area contributed by atoms with Crippen LogP contribution in [-0.2, 0) is 9.59 Å². The van der Waals surface area contributed by atoms with Crippen LogP contribution in [0.25, 0.3) is 5.76 Å². The molecule has 3 rings (SSSR count). The van der Waals surface area contributed by atoms with Crippen molar-refractivity contribution < 1.29 is 24.5 Å². The van der Waals surface area contributed by atoms with Gasteiger partial charge in [0.2, 0.25) is 0 Å². The standard InChI is InChI=1S/C25H30N2O5/c1-16(2)32-20-12-8-18(9-13-20)23(29)21-22(17-6-10-19(28)11-7-17)27(25(31)24(21)30)15-5-14-26(3)4/h6-13,16,22,28-29H,5,14-15H2,1-4H3/t22-/m0/s1. The number of phenols is 1. The second kappa shape index (κ2) is 9.87. The number of carbonyl (C=O) groups is 2. The Kier molecular flexibility index (Phi) is 7.20. The van der Waals surface area contributed by atoms with Crippen LogP contribution < -0.4 is 4.74 Å². The van der Waals surface area contributed by atoms with Crippen LogP contribution in [0.4, 0.5) is 0 Å². The van der Waals surface area contributed by atoms with Crippen molar-refractivity contribution in [1.29, 1.82) is 0 Å². The molecule has 0 aromatic heterocycles. The summed E-state index contributed by atoms with van der Waals surface area (Å²) in [4.78, 5) is 29.4. The van der Waals surface area contributed by atoms with E-state index in [1.807, 2.05) is 32.8 Å². The van der Waals surface area contributed by atoms with E-state index in [1.54, 1.807) is 36.4 Å². The molecular formula is C25H30N2O5. The van der Waals surface area contributed by atoms with Crippen LogP contribution in [-0.4, -0.2) is 65.0 Å². The van der Waals surface area contributed by atoms with E-state index in [-0.39, 0.29) is 23.2 Å². The summed E-state index contributed by atoms with van der Waals surface area (Å²) >= 11 is 0. The van der Waals surface area contributed by atoms with Gasteiger partial charge in [-0.15, -0.1) is 0 Å². The van der Waals surface area contributed by atoms with Gasteiger partial charge in [0.05, 0.1) is 17.7 Å². The van der Waals surface area contributed by atoms with Crippen LogP contribution in [0, 0.1) is 0 Å². The minimum Gasteiger partial charge on any atom is -0.508 e. The Balaban J connectivity index is 2.03. The average Bonchev–Trinajstić information content (AvgIpc) is 2.99. The summed E-state index contributed by atoms with van der Waals surface area (Å²) in [5.74, 6) is -0.849. The molecule has 0 radical (unpaired) electrons. The minimum absolute atomic E-state index is 0.0106. The van der Waals surface area contributed by atoms with Crippen LogP contribution in [0.2, 0.25) is 0 Å². The molecule has 1 atom stereocenters. The van der Waals surface area contributed by atoms with Gasteiger partial charge < -0.3 is 24.7 Å². The fourth-order valence-corrected chi connectivity index (χ4v) is 3.79. The van der Waals surface area contributed by atoms with Crippen LogP contribution in [0.1, 0.15) is 37.4 Å². The van der Waals surface area contributed by atoms with Gasteiger partial charge in [-0.25, -0.2) is 0 Å². The number of aliphatic hydroxyl groups excluding tert-OH is 1. The minimum atomic E-state index is -0.732. The molecule has 1 heterocycles. The summed E-state index contributed by atoms with van der Waals surface area (Å²) in [6.07, 6.45) is 0.687. The maximum Gasteiger partial charge on any atom is 0.295 e.